The van der Waals surface area contributed by atoms with Gasteiger partial charge in [-0.15, -0.1) is 11.3 Å². The van der Waals surface area contributed by atoms with Crippen LogP contribution in [-0.4, -0.2) is 18.7 Å². The number of morpholine rings is 1. The molecule has 17 heavy (non-hydrogen) atoms. The van der Waals surface area contributed by atoms with E-state index in [9.17, 15) is 0 Å². The predicted octanol–water partition coefficient (Wildman–Crippen LogP) is 3.52. The molecular formula is C14H23NOS. The monoisotopic (exact) mass is 253 g/mol. The average molecular weight is 253 g/mol. The molecule has 2 rings (SSSR count). The first-order valence-corrected chi connectivity index (χ1v) is 7.25. The smallest absolute Gasteiger partial charge is 0.105 e. The molecule has 1 aromatic rings. The van der Waals surface area contributed by atoms with Gasteiger partial charge >= 0.3 is 0 Å². The van der Waals surface area contributed by atoms with Crippen molar-refractivity contribution in [3.05, 3.63) is 21.9 Å². The molecule has 0 aromatic carbocycles. The van der Waals surface area contributed by atoms with Crippen LogP contribution in [-0.2, 0) is 4.74 Å². The van der Waals surface area contributed by atoms with E-state index < -0.39 is 0 Å². The Bertz CT molecular complexity index is 374. The van der Waals surface area contributed by atoms with Crippen molar-refractivity contribution in [1.29, 1.82) is 0 Å². The third-order valence-corrected chi connectivity index (χ3v) is 4.27. The summed E-state index contributed by atoms with van der Waals surface area (Å²) < 4.78 is 6.33. The van der Waals surface area contributed by atoms with Crippen LogP contribution < -0.4 is 5.32 Å². The van der Waals surface area contributed by atoms with E-state index in [0.717, 1.165) is 19.5 Å². The number of ether oxygens (including phenoxy) is 1. The molecule has 96 valence electrons. The van der Waals surface area contributed by atoms with Crippen LogP contribution >= 0.6 is 11.3 Å². The summed E-state index contributed by atoms with van der Waals surface area (Å²) in [5.41, 5.74) is -0.0189. The molecule has 1 N–H and O–H groups in total. The Morgan fingerprint density at radius 2 is 2.29 bits per heavy atom. The maximum absolute atomic E-state index is 6.33. The summed E-state index contributed by atoms with van der Waals surface area (Å²) in [6.45, 7) is 10.8. The molecule has 2 unspecified atom stereocenters. The summed E-state index contributed by atoms with van der Waals surface area (Å²) in [6, 6.07) is 4.38. The zero-order chi connectivity index (χ0) is 12.5. The number of nitrogens with one attached hydrogen (secondary N) is 1. The van der Waals surface area contributed by atoms with E-state index in [1.807, 2.05) is 11.3 Å². The largest absolute Gasteiger partial charge is 0.364 e. The molecule has 1 aliphatic heterocycles. The molecule has 1 fully saturated rings. The molecule has 0 aliphatic carbocycles. The van der Waals surface area contributed by atoms with Gasteiger partial charge in [-0.2, -0.15) is 0 Å². The fraction of sp³-hybridized carbons (Fsp3) is 0.714. The Kier molecular flexibility index (Phi) is 3.91. The molecule has 1 aliphatic rings. The zero-order valence-electron chi connectivity index (χ0n) is 11.2. The highest BCUT2D eigenvalue weighted by Gasteiger charge is 2.34. The Balaban J connectivity index is 2.06. The van der Waals surface area contributed by atoms with E-state index in [0.29, 0.717) is 5.92 Å². The van der Waals surface area contributed by atoms with Gasteiger partial charge < -0.3 is 10.1 Å². The minimum absolute atomic E-state index is 0.0189. The first-order valence-electron chi connectivity index (χ1n) is 6.43. The van der Waals surface area contributed by atoms with Crippen molar-refractivity contribution in [3.63, 3.8) is 0 Å². The van der Waals surface area contributed by atoms with E-state index in [1.54, 1.807) is 0 Å². The molecule has 0 bridgehead atoms. The van der Waals surface area contributed by atoms with Crippen LogP contribution in [0.2, 0.25) is 0 Å². The molecule has 0 radical (unpaired) electrons. The van der Waals surface area contributed by atoms with Gasteiger partial charge in [0.2, 0.25) is 0 Å². The highest BCUT2D eigenvalue weighted by molar-refractivity contribution is 7.12. The Morgan fingerprint density at radius 3 is 2.88 bits per heavy atom. The van der Waals surface area contributed by atoms with Crippen molar-refractivity contribution in [3.8, 4) is 0 Å². The summed E-state index contributed by atoms with van der Waals surface area (Å²) >= 11 is 1.85. The van der Waals surface area contributed by atoms with Gasteiger partial charge in [0.15, 0.2) is 0 Å². The summed E-state index contributed by atoms with van der Waals surface area (Å²) in [7, 11) is 0. The van der Waals surface area contributed by atoms with Gasteiger partial charge in [-0.3, -0.25) is 0 Å². The van der Waals surface area contributed by atoms with Crippen molar-refractivity contribution in [1.82, 2.24) is 5.32 Å². The summed E-state index contributed by atoms with van der Waals surface area (Å²) in [5.74, 6) is 0.672. The standard InChI is InChI=1S/C14H23NOS/c1-10(2)7-14(4)9-15-8-12(16-14)13-6-5-11(3)17-13/h5-6,10,12,15H,7-9H2,1-4H3. The lowest BCUT2D eigenvalue weighted by atomic mass is 9.92. The van der Waals surface area contributed by atoms with Crippen LogP contribution in [0.3, 0.4) is 0 Å². The second kappa shape index (κ2) is 5.09. The fourth-order valence-corrected chi connectivity index (χ4v) is 3.57. The summed E-state index contributed by atoms with van der Waals surface area (Å²) in [6.07, 6.45) is 1.34. The Labute approximate surface area is 108 Å². The van der Waals surface area contributed by atoms with Gasteiger partial charge in [0.05, 0.1) is 5.60 Å². The van der Waals surface area contributed by atoms with Gasteiger partial charge in [0.25, 0.3) is 0 Å². The van der Waals surface area contributed by atoms with Crippen molar-refractivity contribution in [2.75, 3.05) is 13.1 Å². The van der Waals surface area contributed by atoms with Crippen LogP contribution in [0.5, 0.6) is 0 Å². The van der Waals surface area contributed by atoms with E-state index in [-0.39, 0.29) is 11.7 Å². The maximum Gasteiger partial charge on any atom is 0.105 e. The Morgan fingerprint density at radius 1 is 1.53 bits per heavy atom. The first kappa shape index (κ1) is 13.1. The molecular weight excluding hydrogens is 230 g/mol. The van der Waals surface area contributed by atoms with Gasteiger partial charge in [0, 0.05) is 22.8 Å². The zero-order valence-corrected chi connectivity index (χ0v) is 12.1. The molecule has 0 amide bonds. The molecule has 1 aromatic heterocycles. The minimum atomic E-state index is -0.0189. The minimum Gasteiger partial charge on any atom is -0.364 e. The van der Waals surface area contributed by atoms with Crippen LogP contribution in [0.25, 0.3) is 0 Å². The predicted molar refractivity (Wildman–Crippen MR) is 73.6 cm³/mol. The lowest BCUT2D eigenvalue weighted by molar-refractivity contribution is -0.115. The second-order valence-corrected chi connectivity index (χ2v) is 7.05. The fourth-order valence-electron chi connectivity index (χ4n) is 2.66. The highest BCUT2D eigenvalue weighted by atomic mass is 32.1. The van der Waals surface area contributed by atoms with Crippen molar-refractivity contribution in [2.24, 2.45) is 5.92 Å². The van der Waals surface area contributed by atoms with E-state index in [2.05, 4.69) is 45.1 Å². The molecule has 2 heterocycles. The summed E-state index contributed by atoms with van der Waals surface area (Å²) in [5, 5.41) is 3.52. The number of hydrogen-bond acceptors (Lipinski definition) is 3. The van der Waals surface area contributed by atoms with Gasteiger partial charge in [-0.05, 0) is 38.3 Å². The highest BCUT2D eigenvalue weighted by Crippen LogP contribution is 2.34. The molecule has 3 heteroatoms. The SMILES string of the molecule is Cc1ccc(C2CNCC(C)(CC(C)C)O2)s1. The number of rotatable bonds is 3. The maximum atomic E-state index is 6.33. The second-order valence-electron chi connectivity index (χ2n) is 5.73. The van der Waals surface area contributed by atoms with Crippen LogP contribution in [0.1, 0.15) is 43.1 Å². The van der Waals surface area contributed by atoms with Crippen molar-refractivity contribution < 1.29 is 4.74 Å². The van der Waals surface area contributed by atoms with Gasteiger partial charge in [-0.25, -0.2) is 0 Å². The van der Waals surface area contributed by atoms with Crippen molar-refractivity contribution in [2.45, 2.75) is 45.8 Å². The number of hydrogen-bond donors (Lipinski definition) is 1. The quantitative estimate of drug-likeness (QED) is 0.890. The lowest BCUT2D eigenvalue weighted by Gasteiger charge is -2.40. The summed E-state index contributed by atoms with van der Waals surface area (Å²) in [4.78, 5) is 2.71. The van der Waals surface area contributed by atoms with Crippen LogP contribution in [0.4, 0.5) is 0 Å². The number of aryl methyl sites for hydroxylation is 1. The Hall–Kier alpha value is -0.380. The van der Waals surface area contributed by atoms with Gasteiger partial charge in [-0.1, -0.05) is 13.8 Å². The van der Waals surface area contributed by atoms with Gasteiger partial charge in [0.1, 0.15) is 6.10 Å². The van der Waals surface area contributed by atoms with E-state index in [4.69, 9.17) is 4.74 Å². The number of thiophene rings is 1. The third-order valence-electron chi connectivity index (χ3n) is 3.17. The molecule has 2 nitrogen and oxygen atoms in total. The van der Waals surface area contributed by atoms with Crippen LogP contribution in [0, 0.1) is 12.8 Å². The average Bonchev–Trinajstić information content (AvgIpc) is 2.63. The molecule has 1 saturated heterocycles. The first-order chi connectivity index (χ1) is 7.98. The van der Waals surface area contributed by atoms with Crippen molar-refractivity contribution >= 4 is 11.3 Å². The molecule has 0 spiro atoms. The van der Waals surface area contributed by atoms with Crippen LogP contribution in [0.15, 0.2) is 12.1 Å². The normalized spacial score (nSPS) is 29.8. The molecule has 2 atom stereocenters. The molecule has 0 saturated carbocycles. The van der Waals surface area contributed by atoms with E-state index >= 15 is 0 Å². The van der Waals surface area contributed by atoms with E-state index in [1.165, 1.54) is 9.75 Å². The topological polar surface area (TPSA) is 21.3 Å². The lowest BCUT2D eigenvalue weighted by Crippen LogP contribution is -2.49. The third kappa shape index (κ3) is 3.30.